The van der Waals surface area contributed by atoms with Crippen LogP contribution in [0.2, 0.25) is 0 Å². The smallest absolute Gasteiger partial charge is 0.343 e. The fourth-order valence-electron chi connectivity index (χ4n) is 5.96. The fraction of sp³-hybridized carbons (Fsp3) is 0.444. The highest BCUT2D eigenvalue weighted by atomic mass is 16.6. The Morgan fingerprint density at radius 3 is 2.83 bits per heavy atom. The van der Waals surface area contributed by atoms with E-state index in [1.165, 1.54) is 0 Å². The van der Waals surface area contributed by atoms with E-state index in [9.17, 15) is 14.7 Å². The van der Waals surface area contributed by atoms with Crippen molar-refractivity contribution >= 4 is 16.9 Å². The summed E-state index contributed by atoms with van der Waals surface area (Å²) in [4.78, 5) is 33.6. The highest BCUT2D eigenvalue weighted by Gasteiger charge is 2.47. The second kappa shape index (κ2) is 8.40. The average molecular weight is 491 g/mol. The Bertz CT molecular complexity index is 1470. The van der Waals surface area contributed by atoms with Crippen LogP contribution in [0.4, 0.5) is 0 Å². The third-order valence-corrected chi connectivity index (χ3v) is 7.95. The summed E-state index contributed by atoms with van der Waals surface area (Å²) in [7, 11) is 1.64. The third kappa shape index (κ3) is 3.37. The molecule has 5 heterocycles. The number of hydrogen-bond acceptors (Lipinski definition) is 8. The summed E-state index contributed by atoms with van der Waals surface area (Å²) in [5.41, 5.74) is 8.79. The molecular formula is C27H30N4O5. The molecule has 9 heteroatoms. The van der Waals surface area contributed by atoms with Gasteiger partial charge in [-0.1, -0.05) is 6.92 Å². The number of hydrogen-bond donors (Lipinski definition) is 2. The zero-order chi connectivity index (χ0) is 25.2. The number of carbonyl (C=O) groups is 1. The second-order valence-corrected chi connectivity index (χ2v) is 10.0. The fourth-order valence-corrected chi connectivity index (χ4v) is 5.96. The molecule has 36 heavy (non-hydrogen) atoms. The maximum absolute atomic E-state index is 13.7. The maximum atomic E-state index is 13.7. The van der Waals surface area contributed by atoms with Crippen molar-refractivity contribution in [3.8, 4) is 17.1 Å². The number of aliphatic hydroxyl groups is 1. The summed E-state index contributed by atoms with van der Waals surface area (Å²) in [5.74, 6) is 0.0376. The molecule has 0 unspecified atom stereocenters. The molecule has 1 aromatic carbocycles. The van der Waals surface area contributed by atoms with Crippen LogP contribution in [0.15, 0.2) is 29.1 Å². The van der Waals surface area contributed by atoms with Gasteiger partial charge in [-0.05, 0) is 49.2 Å². The molecular weight excluding hydrogens is 460 g/mol. The minimum atomic E-state index is -1.89. The number of carbonyl (C=O) groups excluding carboxylic acids is 1. The number of ether oxygens (including phenoxy) is 2. The van der Waals surface area contributed by atoms with Crippen molar-refractivity contribution in [2.45, 2.75) is 51.0 Å². The summed E-state index contributed by atoms with van der Waals surface area (Å²) < 4.78 is 12.4. The van der Waals surface area contributed by atoms with Crippen LogP contribution >= 0.6 is 0 Å². The number of rotatable bonds is 5. The number of pyridine rings is 2. The molecule has 3 aliphatic heterocycles. The first kappa shape index (κ1) is 23.1. The van der Waals surface area contributed by atoms with E-state index in [0.717, 1.165) is 59.4 Å². The van der Waals surface area contributed by atoms with E-state index in [4.69, 9.17) is 20.2 Å². The van der Waals surface area contributed by atoms with Gasteiger partial charge in [-0.15, -0.1) is 0 Å². The van der Waals surface area contributed by atoms with E-state index in [0.29, 0.717) is 29.9 Å². The molecule has 0 spiro atoms. The summed E-state index contributed by atoms with van der Waals surface area (Å²) in [6.45, 7) is 4.35. The molecule has 0 radical (unpaired) electrons. The number of fused-ring (bicyclic) bond motifs is 5. The first-order valence-electron chi connectivity index (χ1n) is 12.5. The lowest BCUT2D eigenvalue weighted by atomic mass is 9.85. The highest BCUT2D eigenvalue weighted by Crippen LogP contribution is 2.41. The van der Waals surface area contributed by atoms with E-state index >= 15 is 0 Å². The topological polar surface area (TPSA) is 120 Å². The second-order valence-electron chi connectivity index (χ2n) is 10.0. The number of aromatic nitrogens is 2. The number of esters is 1. The van der Waals surface area contributed by atoms with E-state index in [2.05, 4.69) is 11.8 Å². The zero-order valence-electron chi connectivity index (χ0n) is 20.5. The first-order chi connectivity index (χ1) is 17.3. The molecule has 2 atom stereocenters. The van der Waals surface area contributed by atoms with Crippen molar-refractivity contribution in [3.63, 3.8) is 0 Å². The van der Waals surface area contributed by atoms with Gasteiger partial charge in [0.2, 0.25) is 0 Å². The first-order valence-corrected chi connectivity index (χ1v) is 12.5. The Labute approximate surface area is 208 Å². The minimum absolute atomic E-state index is 0.100. The van der Waals surface area contributed by atoms with Gasteiger partial charge in [0.25, 0.3) is 5.56 Å². The van der Waals surface area contributed by atoms with Gasteiger partial charge >= 0.3 is 5.97 Å². The molecule has 0 saturated carbocycles. The predicted octanol–water partition coefficient (Wildman–Crippen LogP) is 1.66. The summed E-state index contributed by atoms with van der Waals surface area (Å²) in [6.07, 6.45) is 1.78. The zero-order valence-corrected chi connectivity index (χ0v) is 20.5. The van der Waals surface area contributed by atoms with Gasteiger partial charge in [-0.3, -0.25) is 4.79 Å². The van der Waals surface area contributed by atoms with Crippen LogP contribution in [0.25, 0.3) is 22.3 Å². The Hall–Kier alpha value is -3.27. The Balaban J connectivity index is 1.48. The van der Waals surface area contributed by atoms with Crippen molar-refractivity contribution in [1.29, 1.82) is 0 Å². The van der Waals surface area contributed by atoms with Gasteiger partial charge in [0, 0.05) is 42.1 Å². The molecule has 9 nitrogen and oxygen atoms in total. The Morgan fingerprint density at radius 1 is 1.28 bits per heavy atom. The number of likely N-dealkylation sites (tertiary alicyclic amines) is 1. The highest BCUT2D eigenvalue weighted by molar-refractivity contribution is 5.90. The Kier molecular flexibility index (Phi) is 5.40. The maximum Gasteiger partial charge on any atom is 0.343 e. The molecule has 2 aromatic heterocycles. The normalized spacial score (nSPS) is 22.9. The Morgan fingerprint density at radius 2 is 2.11 bits per heavy atom. The van der Waals surface area contributed by atoms with Crippen molar-refractivity contribution < 1.29 is 19.4 Å². The monoisotopic (exact) mass is 490 g/mol. The molecule has 6 rings (SSSR count). The van der Waals surface area contributed by atoms with Gasteiger partial charge in [0.15, 0.2) is 5.60 Å². The van der Waals surface area contributed by atoms with E-state index in [1.54, 1.807) is 17.7 Å². The van der Waals surface area contributed by atoms with Crippen LogP contribution in [-0.4, -0.2) is 58.3 Å². The molecule has 0 amide bonds. The third-order valence-electron chi connectivity index (χ3n) is 7.95. The number of methoxy groups -OCH3 is 1. The van der Waals surface area contributed by atoms with E-state index < -0.39 is 11.6 Å². The van der Waals surface area contributed by atoms with Crippen LogP contribution in [0.3, 0.4) is 0 Å². The van der Waals surface area contributed by atoms with Gasteiger partial charge in [-0.25, -0.2) is 9.78 Å². The van der Waals surface area contributed by atoms with Crippen molar-refractivity contribution in [2.75, 3.05) is 26.7 Å². The lowest BCUT2D eigenvalue weighted by Crippen LogP contribution is -2.46. The quantitative estimate of drug-likeness (QED) is 0.406. The minimum Gasteiger partial charge on any atom is -0.497 e. The summed E-state index contributed by atoms with van der Waals surface area (Å²) >= 11 is 0. The largest absolute Gasteiger partial charge is 0.497 e. The molecule has 1 fully saturated rings. The number of aryl methyl sites for hydroxylation is 1. The molecule has 0 bridgehead atoms. The van der Waals surface area contributed by atoms with Gasteiger partial charge in [0.05, 0.1) is 36.1 Å². The number of nitrogens with zero attached hydrogens (tertiary/aromatic N) is 3. The average Bonchev–Trinajstić information content (AvgIpc) is 3.47. The lowest BCUT2D eigenvalue weighted by Gasteiger charge is -2.33. The molecule has 3 aliphatic rings. The van der Waals surface area contributed by atoms with Crippen LogP contribution in [-0.2, 0) is 34.7 Å². The van der Waals surface area contributed by atoms with E-state index in [1.807, 2.05) is 18.2 Å². The van der Waals surface area contributed by atoms with Crippen molar-refractivity contribution in [2.24, 2.45) is 5.73 Å². The van der Waals surface area contributed by atoms with Gasteiger partial charge < -0.3 is 29.8 Å². The standard InChI is InChI=1S/C27H30N4O5/c1-3-17-18-10-16(35-2)4-5-22(18)29-24-19(17)13-31-23(24)11-21-20(25(31)32)14-36-26(33)27(21,34)7-9-30-8-6-15(28)12-30/h4-5,10-11,15,34H,3,6-9,12-14,28H2,1-2H3/t15-,27+/m1/s1. The molecule has 188 valence electrons. The van der Waals surface area contributed by atoms with Crippen LogP contribution in [0.5, 0.6) is 5.75 Å². The van der Waals surface area contributed by atoms with Crippen LogP contribution in [0, 0.1) is 0 Å². The van der Waals surface area contributed by atoms with Crippen molar-refractivity contribution in [3.05, 3.63) is 56.9 Å². The molecule has 3 N–H and O–H groups in total. The molecule has 1 saturated heterocycles. The van der Waals surface area contributed by atoms with E-state index in [-0.39, 0.29) is 24.6 Å². The van der Waals surface area contributed by atoms with Crippen molar-refractivity contribution in [1.82, 2.24) is 14.5 Å². The van der Waals surface area contributed by atoms with Crippen LogP contribution < -0.4 is 16.0 Å². The number of cyclic esters (lactones) is 1. The summed E-state index contributed by atoms with van der Waals surface area (Å²) in [6, 6.07) is 7.65. The number of nitrogens with two attached hydrogens (primary N) is 1. The van der Waals surface area contributed by atoms with Gasteiger partial charge in [0.1, 0.15) is 12.4 Å². The molecule has 0 aliphatic carbocycles. The summed E-state index contributed by atoms with van der Waals surface area (Å²) in [5, 5.41) is 12.6. The SMILES string of the molecule is CCc1c2c(nc3ccc(OC)cc13)-c1cc3c(c(=O)n1C2)COC(=O)[C@]3(O)CCN1CC[C@@H](N)C1. The predicted molar refractivity (Wildman–Crippen MR) is 134 cm³/mol. The lowest BCUT2D eigenvalue weighted by molar-refractivity contribution is -0.173. The molecule has 3 aromatic rings. The number of benzene rings is 1. The van der Waals surface area contributed by atoms with Crippen LogP contribution in [0.1, 0.15) is 42.0 Å². The van der Waals surface area contributed by atoms with Gasteiger partial charge in [-0.2, -0.15) is 0 Å².